The maximum Gasteiger partial charge on any atom is 0.416 e. The number of hydrogen-bond acceptors (Lipinski definition) is 8. The van der Waals surface area contributed by atoms with E-state index < -0.39 is 63.9 Å². The molecule has 0 aliphatic rings. The topological polar surface area (TPSA) is 146 Å². The summed E-state index contributed by atoms with van der Waals surface area (Å²) in [5, 5.41) is 34.2. The lowest BCUT2D eigenvalue weighted by Gasteiger charge is -2.30. The van der Waals surface area contributed by atoms with Crippen molar-refractivity contribution in [1.29, 1.82) is 0 Å². The number of carbonyl (C=O) groups is 1. The minimum atomic E-state index is -4.67. The highest BCUT2D eigenvalue weighted by molar-refractivity contribution is 7.89. The number of aromatic hydroxyl groups is 1. The van der Waals surface area contributed by atoms with E-state index in [0.717, 1.165) is 16.4 Å². The fourth-order valence-corrected chi connectivity index (χ4v) is 5.83. The molecule has 0 aliphatic heterocycles. The van der Waals surface area contributed by atoms with Gasteiger partial charge in [0, 0.05) is 18.7 Å². The first-order valence-electron chi connectivity index (χ1n) is 13.0. The zero-order valence-electron chi connectivity index (χ0n) is 23.6. The van der Waals surface area contributed by atoms with Crippen molar-refractivity contribution in [2.75, 3.05) is 27.3 Å². The predicted molar refractivity (Wildman–Crippen MR) is 151 cm³/mol. The van der Waals surface area contributed by atoms with Crippen LogP contribution in [0.4, 0.5) is 13.2 Å². The van der Waals surface area contributed by atoms with Crippen LogP contribution < -0.4 is 14.8 Å². The molecule has 0 spiro atoms. The third kappa shape index (κ3) is 8.60. The molecule has 0 aliphatic carbocycles. The Hall–Kier alpha value is -3.85. The van der Waals surface area contributed by atoms with Gasteiger partial charge < -0.3 is 30.1 Å². The summed E-state index contributed by atoms with van der Waals surface area (Å²) in [6.07, 6.45) is -7.36. The maximum atomic E-state index is 13.4. The van der Waals surface area contributed by atoms with Gasteiger partial charge in [-0.2, -0.15) is 17.5 Å². The molecule has 4 N–H and O–H groups in total. The summed E-state index contributed by atoms with van der Waals surface area (Å²) in [6.45, 7) is 0.212. The smallest absolute Gasteiger partial charge is 0.416 e. The van der Waals surface area contributed by atoms with E-state index in [1.165, 1.54) is 33.3 Å². The number of aliphatic hydroxyl groups is 2. The number of nitrogens with one attached hydrogen (secondary N) is 1. The third-order valence-electron chi connectivity index (χ3n) is 6.50. The Morgan fingerprint density at radius 2 is 1.51 bits per heavy atom. The molecule has 3 aromatic carbocycles. The Morgan fingerprint density at radius 1 is 0.953 bits per heavy atom. The maximum absolute atomic E-state index is 13.4. The monoisotopic (exact) mass is 626 g/mol. The van der Waals surface area contributed by atoms with E-state index >= 15 is 0 Å². The van der Waals surface area contributed by atoms with E-state index in [1.807, 2.05) is 0 Å². The molecule has 234 valence electrons. The SMILES string of the molecule is COc1cc(C(=O)N[C@@H](Cc2ccccc2)[C@H](O)CN(C[C@@H](C)O)S(=O)(=O)c2ccc(C(F)(F)F)cc2)cc(OC)c1O. The van der Waals surface area contributed by atoms with Crippen molar-refractivity contribution in [2.24, 2.45) is 0 Å². The highest BCUT2D eigenvalue weighted by Crippen LogP contribution is 2.37. The molecule has 3 aromatic rings. The van der Waals surface area contributed by atoms with Crippen LogP contribution in [-0.2, 0) is 22.6 Å². The van der Waals surface area contributed by atoms with Gasteiger partial charge in [0.25, 0.3) is 5.91 Å². The lowest BCUT2D eigenvalue weighted by molar-refractivity contribution is -0.137. The molecular formula is C29H33F3N2O8S. The van der Waals surface area contributed by atoms with Crippen molar-refractivity contribution in [3.05, 3.63) is 83.4 Å². The first-order valence-corrected chi connectivity index (χ1v) is 14.4. The van der Waals surface area contributed by atoms with Crippen molar-refractivity contribution in [2.45, 2.75) is 42.7 Å². The Bertz CT molecular complexity index is 1460. The average Bonchev–Trinajstić information content (AvgIpc) is 2.96. The lowest BCUT2D eigenvalue weighted by atomic mass is 10.00. The molecule has 0 saturated carbocycles. The number of hydrogen-bond donors (Lipinski definition) is 4. The number of rotatable bonds is 13. The number of aliphatic hydroxyl groups excluding tert-OH is 2. The van der Waals surface area contributed by atoms with Crippen molar-refractivity contribution in [3.8, 4) is 17.2 Å². The minimum absolute atomic E-state index is 0.00924. The summed E-state index contributed by atoms with van der Waals surface area (Å²) in [6, 6.07) is 13.0. The fourth-order valence-electron chi connectivity index (χ4n) is 4.29. The summed E-state index contributed by atoms with van der Waals surface area (Å²) < 4.78 is 76.9. The molecule has 0 fully saturated rings. The summed E-state index contributed by atoms with van der Waals surface area (Å²) in [5.41, 5.74) is -0.336. The standard InChI is InChI=1S/C29H33F3N2O8S/c1-18(35)16-34(43(39,40)22-11-9-21(10-12-22)29(30,31)32)17-24(36)23(13-19-7-5-4-6-8-19)33-28(38)20-14-25(41-2)27(37)26(15-20)42-3/h4-12,14-15,18,23-24,35-37H,13,16-17H2,1-3H3,(H,33,38)/t18-,23+,24-/m1/s1. The molecular weight excluding hydrogens is 593 g/mol. The van der Waals surface area contributed by atoms with Crippen LogP contribution in [0, 0.1) is 0 Å². The van der Waals surface area contributed by atoms with Crippen LogP contribution in [0.15, 0.2) is 71.6 Å². The van der Waals surface area contributed by atoms with Crippen molar-refractivity contribution >= 4 is 15.9 Å². The number of alkyl halides is 3. The fraction of sp³-hybridized carbons (Fsp3) is 0.345. The molecule has 0 bridgehead atoms. The number of sulfonamides is 1. The molecule has 3 rings (SSSR count). The van der Waals surface area contributed by atoms with Gasteiger partial charge in [-0.05, 0) is 55.3 Å². The Kier molecular flexibility index (Phi) is 11.0. The zero-order valence-corrected chi connectivity index (χ0v) is 24.4. The Balaban J connectivity index is 1.94. The zero-order chi connectivity index (χ0) is 31.9. The first kappa shape index (κ1) is 33.6. The van der Waals surface area contributed by atoms with Gasteiger partial charge in [-0.25, -0.2) is 8.42 Å². The van der Waals surface area contributed by atoms with E-state index in [2.05, 4.69) is 5.32 Å². The quantitative estimate of drug-likeness (QED) is 0.226. The lowest BCUT2D eigenvalue weighted by Crippen LogP contribution is -2.51. The van der Waals surface area contributed by atoms with E-state index in [4.69, 9.17) is 9.47 Å². The number of phenolic OH excluding ortho intramolecular Hbond substituents is 1. The largest absolute Gasteiger partial charge is 0.502 e. The van der Waals surface area contributed by atoms with Crippen LogP contribution in [-0.4, -0.2) is 79.5 Å². The number of benzene rings is 3. The van der Waals surface area contributed by atoms with Crippen LogP contribution >= 0.6 is 0 Å². The van der Waals surface area contributed by atoms with E-state index in [1.54, 1.807) is 30.3 Å². The molecule has 10 nitrogen and oxygen atoms in total. The van der Waals surface area contributed by atoms with Crippen molar-refractivity contribution in [1.82, 2.24) is 9.62 Å². The van der Waals surface area contributed by atoms with Gasteiger partial charge in [0.2, 0.25) is 15.8 Å². The van der Waals surface area contributed by atoms with Crippen LogP contribution in [0.1, 0.15) is 28.4 Å². The second-order valence-corrected chi connectivity index (χ2v) is 11.7. The van der Waals surface area contributed by atoms with Crippen molar-refractivity contribution in [3.63, 3.8) is 0 Å². The van der Waals surface area contributed by atoms with Crippen LogP contribution in [0.25, 0.3) is 0 Å². The summed E-state index contributed by atoms with van der Waals surface area (Å²) in [7, 11) is -1.92. The summed E-state index contributed by atoms with van der Waals surface area (Å²) in [4.78, 5) is 12.8. The molecule has 0 heterocycles. The first-order chi connectivity index (χ1) is 20.2. The molecule has 14 heteroatoms. The number of methoxy groups -OCH3 is 2. The summed E-state index contributed by atoms with van der Waals surface area (Å²) >= 11 is 0. The molecule has 0 saturated heterocycles. The normalized spacial score (nSPS) is 14.2. The van der Waals surface area contributed by atoms with Gasteiger partial charge in [-0.1, -0.05) is 30.3 Å². The third-order valence-corrected chi connectivity index (χ3v) is 8.35. The van der Waals surface area contributed by atoms with Gasteiger partial charge >= 0.3 is 6.18 Å². The van der Waals surface area contributed by atoms with Crippen molar-refractivity contribution < 1.29 is 51.2 Å². The van der Waals surface area contributed by atoms with Crippen LogP contribution in [0.3, 0.4) is 0 Å². The molecule has 3 atom stereocenters. The second kappa shape index (κ2) is 14.1. The molecule has 0 aromatic heterocycles. The Labute approximate surface area is 247 Å². The minimum Gasteiger partial charge on any atom is -0.502 e. The number of carbonyl (C=O) groups excluding carboxylic acids is 1. The summed E-state index contributed by atoms with van der Waals surface area (Å²) in [5.74, 6) is -1.13. The number of halogens is 3. The highest BCUT2D eigenvalue weighted by Gasteiger charge is 2.34. The van der Waals surface area contributed by atoms with Gasteiger partial charge in [-0.15, -0.1) is 0 Å². The molecule has 43 heavy (non-hydrogen) atoms. The van der Waals surface area contributed by atoms with Gasteiger partial charge in [0.05, 0.1) is 42.9 Å². The van der Waals surface area contributed by atoms with Crippen LogP contribution in [0.5, 0.6) is 17.2 Å². The van der Waals surface area contributed by atoms with E-state index in [9.17, 15) is 41.7 Å². The van der Waals surface area contributed by atoms with E-state index in [0.29, 0.717) is 17.7 Å². The number of ether oxygens (including phenoxy) is 2. The van der Waals surface area contributed by atoms with Crippen LogP contribution in [0.2, 0.25) is 0 Å². The van der Waals surface area contributed by atoms with E-state index in [-0.39, 0.29) is 29.2 Å². The molecule has 1 amide bonds. The number of amides is 1. The number of nitrogens with zero attached hydrogens (tertiary/aromatic N) is 1. The number of phenols is 1. The molecule has 0 unspecified atom stereocenters. The Morgan fingerprint density at radius 3 is 2.00 bits per heavy atom. The predicted octanol–water partition coefficient (Wildman–Crippen LogP) is 3.20. The highest BCUT2D eigenvalue weighted by atomic mass is 32.2. The van der Waals surface area contributed by atoms with Gasteiger partial charge in [0.15, 0.2) is 11.5 Å². The second-order valence-electron chi connectivity index (χ2n) is 9.76. The molecule has 0 radical (unpaired) electrons. The van der Waals surface area contributed by atoms with Gasteiger partial charge in [-0.3, -0.25) is 4.79 Å². The van der Waals surface area contributed by atoms with Gasteiger partial charge in [0.1, 0.15) is 0 Å². The average molecular weight is 627 g/mol.